The van der Waals surface area contributed by atoms with Gasteiger partial charge in [-0.25, -0.2) is 8.42 Å². The first-order valence-corrected chi connectivity index (χ1v) is 10.6. The summed E-state index contributed by atoms with van der Waals surface area (Å²) in [6, 6.07) is 3.13. The predicted octanol–water partition coefficient (Wildman–Crippen LogP) is 2.65. The molecule has 2 aliphatic rings. The molecule has 1 amide bonds. The summed E-state index contributed by atoms with van der Waals surface area (Å²) in [5.74, 6) is -0.418. The number of benzene rings is 1. The van der Waals surface area contributed by atoms with Crippen molar-refractivity contribution in [3.05, 3.63) is 22.7 Å². The number of aryl methyl sites for hydroxylation is 1. The van der Waals surface area contributed by atoms with Gasteiger partial charge in [0, 0.05) is 28.4 Å². The summed E-state index contributed by atoms with van der Waals surface area (Å²) >= 11 is 7.35. The second-order valence-electron chi connectivity index (χ2n) is 7.07. The smallest absolute Gasteiger partial charge is 0.274 e. The Bertz CT molecular complexity index is 881. The average molecular weight is 402 g/mol. The molecular weight excluding hydrogens is 382 g/mol. The number of rotatable bonds is 0. The molecule has 1 N–H and O–H groups in total. The molecule has 136 valence electrons. The van der Waals surface area contributed by atoms with Crippen molar-refractivity contribution in [1.82, 2.24) is 9.62 Å². The maximum Gasteiger partial charge on any atom is 0.274 e. The molecule has 1 atom stereocenters. The molecule has 25 heavy (non-hydrogen) atoms. The van der Waals surface area contributed by atoms with E-state index in [4.69, 9.17) is 11.6 Å². The van der Waals surface area contributed by atoms with Gasteiger partial charge in [0.25, 0.3) is 15.9 Å². The topological polar surface area (TPSA) is 78.8 Å². The highest BCUT2D eigenvalue weighted by molar-refractivity contribution is 8.02. The van der Waals surface area contributed by atoms with Gasteiger partial charge >= 0.3 is 0 Å². The van der Waals surface area contributed by atoms with E-state index in [1.807, 2.05) is 13.8 Å². The van der Waals surface area contributed by atoms with Crippen LogP contribution in [-0.4, -0.2) is 42.9 Å². The summed E-state index contributed by atoms with van der Waals surface area (Å²) in [5, 5.41) is 2.91. The average Bonchev–Trinajstić information content (AvgIpc) is 2.57. The maximum atomic E-state index is 13.2. The quantitative estimate of drug-likeness (QED) is 0.722. The Morgan fingerprint density at radius 3 is 2.68 bits per heavy atom. The molecular formula is C16H20ClN3O3S2. The van der Waals surface area contributed by atoms with E-state index in [-0.39, 0.29) is 16.3 Å². The summed E-state index contributed by atoms with van der Waals surface area (Å²) in [5.41, 5.74) is 0.552. The molecule has 2 heterocycles. The second kappa shape index (κ2) is 6.17. The number of nitrogens with zero attached hydrogens (tertiary/aromatic N) is 2. The van der Waals surface area contributed by atoms with Gasteiger partial charge in [-0.3, -0.25) is 9.79 Å². The van der Waals surface area contributed by atoms with E-state index in [1.54, 1.807) is 19.9 Å². The Balaban J connectivity index is 2.16. The number of thioether (sulfide) groups is 1. The lowest BCUT2D eigenvalue weighted by Crippen LogP contribution is -2.54. The van der Waals surface area contributed by atoms with Crippen molar-refractivity contribution in [1.29, 1.82) is 0 Å². The van der Waals surface area contributed by atoms with Gasteiger partial charge < -0.3 is 5.32 Å². The lowest BCUT2D eigenvalue weighted by molar-refractivity contribution is -0.123. The fourth-order valence-electron chi connectivity index (χ4n) is 2.63. The molecule has 0 fully saturated rings. The van der Waals surface area contributed by atoms with E-state index in [0.29, 0.717) is 28.6 Å². The zero-order valence-electron chi connectivity index (χ0n) is 14.5. The molecule has 1 aromatic carbocycles. The van der Waals surface area contributed by atoms with Crippen molar-refractivity contribution in [2.24, 2.45) is 10.4 Å². The number of halogens is 1. The largest absolute Gasteiger partial charge is 0.354 e. The Hall–Kier alpha value is -1.25. The van der Waals surface area contributed by atoms with Gasteiger partial charge in [0.15, 0.2) is 0 Å². The molecule has 0 saturated carbocycles. The molecule has 2 aliphatic heterocycles. The highest BCUT2D eigenvalue weighted by Crippen LogP contribution is 2.39. The fourth-order valence-corrected chi connectivity index (χ4v) is 5.91. The van der Waals surface area contributed by atoms with Crippen LogP contribution in [0.4, 0.5) is 0 Å². The normalized spacial score (nSPS) is 24.8. The molecule has 0 aliphatic carbocycles. The molecule has 0 spiro atoms. The number of carbonyl (C=O) groups excluding carboxylic acids is 1. The first kappa shape index (κ1) is 18.5. The summed E-state index contributed by atoms with van der Waals surface area (Å²) in [4.78, 5) is 17.7. The lowest BCUT2D eigenvalue weighted by Gasteiger charge is -2.33. The highest BCUT2D eigenvalue weighted by atomic mass is 35.5. The Labute approximate surface area is 157 Å². The highest BCUT2D eigenvalue weighted by Gasteiger charge is 2.42. The van der Waals surface area contributed by atoms with Crippen LogP contribution in [0.5, 0.6) is 0 Å². The fraction of sp³-hybridized carbons (Fsp3) is 0.500. The number of sulfonamides is 1. The Kier molecular flexibility index (Phi) is 4.58. The van der Waals surface area contributed by atoms with Gasteiger partial charge in [-0.05, 0) is 31.5 Å². The van der Waals surface area contributed by atoms with Crippen LogP contribution < -0.4 is 5.32 Å². The number of nitrogens with one attached hydrogen (secondary N) is 1. The zero-order chi connectivity index (χ0) is 18.6. The van der Waals surface area contributed by atoms with Crippen molar-refractivity contribution in [3.8, 4) is 0 Å². The molecule has 0 radical (unpaired) electrons. The molecule has 0 bridgehead atoms. The van der Waals surface area contributed by atoms with Crippen molar-refractivity contribution >= 4 is 45.3 Å². The van der Waals surface area contributed by atoms with Crippen LogP contribution in [0.3, 0.4) is 0 Å². The first-order chi connectivity index (χ1) is 11.5. The van der Waals surface area contributed by atoms with E-state index in [9.17, 15) is 13.2 Å². The lowest BCUT2D eigenvalue weighted by atomic mass is 9.93. The van der Waals surface area contributed by atoms with Crippen molar-refractivity contribution in [3.63, 3.8) is 0 Å². The van der Waals surface area contributed by atoms with Crippen LogP contribution in [-0.2, 0) is 14.8 Å². The third kappa shape index (κ3) is 3.27. The molecule has 0 saturated heterocycles. The third-order valence-corrected chi connectivity index (χ3v) is 7.58. The van der Waals surface area contributed by atoms with Gasteiger partial charge in [-0.15, -0.1) is 11.8 Å². The van der Waals surface area contributed by atoms with E-state index >= 15 is 0 Å². The minimum atomic E-state index is -4.07. The molecule has 1 aromatic rings. The predicted molar refractivity (Wildman–Crippen MR) is 99.6 cm³/mol. The number of guanidine groups is 1. The maximum absolute atomic E-state index is 13.2. The summed E-state index contributed by atoms with van der Waals surface area (Å²) < 4.78 is 27.3. The molecule has 9 heteroatoms. The van der Waals surface area contributed by atoms with Crippen LogP contribution in [0.15, 0.2) is 26.9 Å². The van der Waals surface area contributed by atoms with Crippen LogP contribution in [0.2, 0.25) is 5.02 Å². The molecule has 6 nitrogen and oxygen atoms in total. The standard InChI is InChI=1S/C16H20ClN3O3S2/c1-9-5-13-12(6-11(9)17)24-10(2)14(21)20(25(13,22)23)15-18-7-16(3,4)8-19-15/h5-6,10H,7-8H2,1-4H3,(H,18,19). The van der Waals surface area contributed by atoms with Crippen LogP contribution in [0, 0.1) is 12.3 Å². The number of hydrogen-bond donors (Lipinski definition) is 1. The van der Waals surface area contributed by atoms with Gasteiger partial charge in [0.2, 0.25) is 5.96 Å². The van der Waals surface area contributed by atoms with Gasteiger partial charge in [-0.1, -0.05) is 25.4 Å². The number of hydrogen-bond acceptors (Lipinski definition) is 6. The van der Waals surface area contributed by atoms with E-state index in [2.05, 4.69) is 10.3 Å². The van der Waals surface area contributed by atoms with Crippen molar-refractivity contribution < 1.29 is 13.2 Å². The van der Waals surface area contributed by atoms with Crippen LogP contribution in [0.1, 0.15) is 26.3 Å². The SMILES string of the molecule is Cc1cc2c(cc1Cl)SC(C)C(=O)N(C1=NCC(C)(C)CN1)S2(=O)=O. The van der Waals surface area contributed by atoms with Crippen molar-refractivity contribution in [2.75, 3.05) is 13.1 Å². The minimum absolute atomic E-state index is 0.0893. The molecule has 1 unspecified atom stereocenters. The monoisotopic (exact) mass is 401 g/mol. The summed E-state index contributed by atoms with van der Waals surface area (Å²) in [6.45, 7) is 8.46. The molecule has 3 rings (SSSR count). The number of amides is 1. The van der Waals surface area contributed by atoms with Crippen molar-refractivity contribution in [2.45, 2.75) is 42.7 Å². The van der Waals surface area contributed by atoms with Gasteiger partial charge in [0.05, 0.1) is 5.25 Å². The van der Waals surface area contributed by atoms with Crippen LogP contribution >= 0.6 is 23.4 Å². The van der Waals surface area contributed by atoms with E-state index in [1.165, 1.54) is 17.8 Å². The number of aliphatic imine (C=N–C) groups is 1. The zero-order valence-corrected chi connectivity index (χ0v) is 16.8. The third-order valence-electron chi connectivity index (χ3n) is 4.17. The van der Waals surface area contributed by atoms with Gasteiger partial charge in [-0.2, -0.15) is 4.31 Å². The van der Waals surface area contributed by atoms with Crippen LogP contribution in [0.25, 0.3) is 0 Å². The van der Waals surface area contributed by atoms with E-state index < -0.39 is 21.2 Å². The summed E-state index contributed by atoms with van der Waals surface area (Å²) in [6.07, 6.45) is 0. The first-order valence-electron chi connectivity index (χ1n) is 7.87. The second-order valence-corrected chi connectivity index (χ2v) is 10.6. The summed E-state index contributed by atoms with van der Waals surface area (Å²) in [7, 11) is -4.07. The Morgan fingerprint density at radius 2 is 2.08 bits per heavy atom. The minimum Gasteiger partial charge on any atom is -0.354 e. The van der Waals surface area contributed by atoms with E-state index in [0.717, 1.165) is 4.31 Å². The molecule has 0 aromatic heterocycles. The van der Waals surface area contributed by atoms with Gasteiger partial charge in [0.1, 0.15) is 4.90 Å². The number of carbonyl (C=O) groups is 1. The Morgan fingerprint density at radius 1 is 1.40 bits per heavy atom. The number of fused-ring (bicyclic) bond motifs is 1.